The Kier molecular flexibility index (Phi) is 4.09. The molecule has 4 nitrogen and oxygen atoms in total. The standard InChI is InChI=1S/C13H16ClNO3/c1-18-12-3-2-9(14)6-11(12)13(17)15-7-8-4-10(16)5-8/h2-3,6,8,10,16H,4-5,7H2,1H3,(H,15,17). The summed E-state index contributed by atoms with van der Waals surface area (Å²) < 4.78 is 5.13. The van der Waals surface area contributed by atoms with E-state index >= 15 is 0 Å². The van der Waals surface area contributed by atoms with Crippen LogP contribution in [0.25, 0.3) is 0 Å². The molecule has 18 heavy (non-hydrogen) atoms. The topological polar surface area (TPSA) is 58.6 Å². The summed E-state index contributed by atoms with van der Waals surface area (Å²) in [5, 5.41) is 12.5. The van der Waals surface area contributed by atoms with Crippen LogP contribution in [0.2, 0.25) is 5.02 Å². The minimum atomic E-state index is -0.201. The van der Waals surface area contributed by atoms with Gasteiger partial charge in [-0.3, -0.25) is 4.79 Å². The number of benzene rings is 1. The molecule has 0 unspecified atom stereocenters. The summed E-state index contributed by atoms with van der Waals surface area (Å²) in [4.78, 5) is 12.0. The van der Waals surface area contributed by atoms with E-state index in [-0.39, 0.29) is 12.0 Å². The van der Waals surface area contributed by atoms with E-state index in [1.807, 2.05) is 0 Å². The van der Waals surface area contributed by atoms with E-state index in [2.05, 4.69) is 5.32 Å². The van der Waals surface area contributed by atoms with Crippen molar-refractivity contribution in [1.29, 1.82) is 0 Å². The fourth-order valence-electron chi connectivity index (χ4n) is 2.06. The highest BCUT2D eigenvalue weighted by molar-refractivity contribution is 6.31. The van der Waals surface area contributed by atoms with E-state index in [9.17, 15) is 4.79 Å². The second kappa shape index (κ2) is 5.59. The van der Waals surface area contributed by atoms with Crippen LogP contribution in [0.3, 0.4) is 0 Å². The number of hydrogen-bond acceptors (Lipinski definition) is 3. The summed E-state index contributed by atoms with van der Waals surface area (Å²) in [7, 11) is 1.52. The van der Waals surface area contributed by atoms with Crippen LogP contribution in [0.1, 0.15) is 23.2 Å². The van der Waals surface area contributed by atoms with Gasteiger partial charge in [0.25, 0.3) is 5.91 Å². The fraction of sp³-hybridized carbons (Fsp3) is 0.462. The Bertz CT molecular complexity index is 444. The van der Waals surface area contributed by atoms with Crippen molar-refractivity contribution in [3.8, 4) is 5.75 Å². The largest absolute Gasteiger partial charge is 0.496 e. The van der Waals surface area contributed by atoms with Gasteiger partial charge < -0.3 is 15.2 Å². The Morgan fingerprint density at radius 2 is 2.28 bits per heavy atom. The molecule has 1 amide bonds. The minimum absolute atomic E-state index is 0.198. The third-order valence-electron chi connectivity index (χ3n) is 3.17. The zero-order chi connectivity index (χ0) is 13.1. The van der Waals surface area contributed by atoms with Crippen LogP contribution in [0.5, 0.6) is 5.75 Å². The van der Waals surface area contributed by atoms with Gasteiger partial charge in [-0.1, -0.05) is 11.6 Å². The van der Waals surface area contributed by atoms with E-state index in [0.717, 1.165) is 12.8 Å². The number of halogens is 1. The molecule has 1 saturated carbocycles. The van der Waals surface area contributed by atoms with Crippen molar-refractivity contribution in [2.75, 3.05) is 13.7 Å². The first kappa shape index (κ1) is 13.2. The molecule has 0 saturated heterocycles. The number of rotatable bonds is 4. The van der Waals surface area contributed by atoms with Crippen molar-refractivity contribution in [2.45, 2.75) is 18.9 Å². The second-order valence-electron chi connectivity index (χ2n) is 4.55. The predicted molar refractivity (Wildman–Crippen MR) is 69.1 cm³/mol. The first-order valence-electron chi connectivity index (χ1n) is 5.90. The number of methoxy groups -OCH3 is 1. The van der Waals surface area contributed by atoms with Crippen molar-refractivity contribution in [1.82, 2.24) is 5.32 Å². The predicted octanol–water partition coefficient (Wildman–Crippen LogP) is 1.85. The average molecular weight is 270 g/mol. The van der Waals surface area contributed by atoms with E-state index in [4.69, 9.17) is 21.4 Å². The Morgan fingerprint density at radius 3 is 2.89 bits per heavy atom. The van der Waals surface area contributed by atoms with Crippen LogP contribution in [-0.4, -0.2) is 30.8 Å². The van der Waals surface area contributed by atoms with E-state index < -0.39 is 0 Å². The van der Waals surface area contributed by atoms with Crippen LogP contribution >= 0.6 is 11.6 Å². The average Bonchev–Trinajstić information content (AvgIpc) is 2.32. The van der Waals surface area contributed by atoms with Gasteiger partial charge in [0.15, 0.2) is 0 Å². The highest BCUT2D eigenvalue weighted by Gasteiger charge is 2.27. The highest BCUT2D eigenvalue weighted by Crippen LogP contribution is 2.27. The van der Waals surface area contributed by atoms with E-state index in [1.165, 1.54) is 7.11 Å². The van der Waals surface area contributed by atoms with Gasteiger partial charge in [0.05, 0.1) is 18.8 Å². The molecule has 0 aromatic heterocycles. The zero-order valence-corrected chi connectivity index (χ0v) is 10.9. The van der Waals surface area contributed by atoms with Crippen LogP contribution in [-0.2, 0) is 0 Å². The first-order valence-corrected chi connectivity index (χ1v) is 6.27. The molecular formula is C13H16ClNO3. The minimum Gasteiger partial charge on any atom is -0.496 e. The fourth-order valence-corrected chi connectivity index (χ4v) is 2.23. The Morgan fingerprint density at radius 1 is 1.56 bits per heavy atom. The molecule has 5 heteroatoms. The normalized spacial score (nSPS) is 22.2. The number of aliphatic hydroxyl groups excluding tert-OH is 1. The third-order valence-corrected chi connectivity index (χ3v) is 3.40. The molecule has 2 N–H and O–H groups in total. The van der Waals surface area contributed by atoms with Gasteiger partial charge in [-0.15, -0.1) is 0 Å². The number of ether oxygens (including phenoxy) is 1. The van der Waals surface area contributed by atoms with Gasteiger partial charge in [0, 0.05) is 11.6 Å². The number of aliphatic hydroxyl groups is 1. The molecule has 98 valence electrons. The second-order valence-corrected chi connectivity index (χ2v) is 4.98. The Hall–Kier alpha value is -1.26. The number of amides is 1. The van der Waals surface area contributed by atoms with Crippen LogP contribution in [0.4, 0.5) is 0 Å². The number of carbonyl (C=O) groups is 1. The smallest absolute Gasteiger partial charge is 0.255 e. The SMILES string of the molecule is COc1ccc(Cl)cc1C(=O)NCC1CC(O)C1. The van der Waals surface area contributed by atoms with Gasteiger partial charge in [-0.05, 0) is 37.0 Å². The summed E-state index contributed by atoms with van der Waals surface area (Å²) >= 11 is 5.87. The van der Waals surface area contributed by atoms with Gasteiger partial charge >= 0.3 is 0 Å². The molecule has 0 bridgehead atoms. The monoisotopic (exact) mass is 269 g/mol. The Labute approximate surface area is 111 Å². The van der Waals surface area contributed by atoms with Gasteiger partial charge in [-0.25, -0.2) is 0 Å². The summed E-state index contributed by atoms with van der Waals surface area (Å²) in [6.45, 7) is 0.575. The lowest BCUT2D eigenvalue weighted by Crippen LogP contribution is -2.38. The summed E-state index contributed by atoms with van der Waals surface area (Å²) in [5.41, 5.74) is 0.435. The highest BCUT2D eigenvalue weighted by atomic mass is 35.5. The van der Waals surface area contributed by atoms with Gasteiger partial charge in [0.1, 0.15) is 5.75 Å². The molecule has 1 fully saturated rings. The molecule has 0 atom stereocenters. The maximum Gasteiger partial charge on any atom is 0.255 e. The lowest BCUT2D eigenvalue weighted by atomic mass is 9.82. The number of nitrogens with one attached hydrogen (secondary N) is 1. The summed E-state index contributed by atoms with van der Waals surface area (Å²) in [6, 6.07) is 4.94. The summed E-state index contributed by atoms with van der Waals surface area (Å²) in [5.74, 6) is 0.676. The summed E-state index contributed by atoms with van der Waals surface area (Å²) in [6.07, 6.45) is 1.31. The molecule has 1 aromatic rings. The van der Waals surface area contributed by atoms with Crippen molar-refractivity contribution >= 4 is 17.5 Å². The van der Waals surface area contributed by atoms with E-state index in [0.29, 0.717) is 28.8 Å². The zero-order valence-electron chi connectivity index (χ0n) is 10.1. The molecule has 0 heterocycles. The van der Waals surface area contributed by atoms with Crippen LogP contribution < -0.4 is 10.1 Å². The van der Waals surface area contributed by atoms with Crippen molar-refractivity contribution in [3.63, 3.8) is 0 Å². The third kappa shape index (κ3) is 2.94. The lowest BCUT2D eigenvalue weighted by Gasteiger charge is -2.31. The molecule has 1 aliphatic carbocycles. The van der Waals surface area contributed by atoms with Gasteiger partial charge in [-0.2, -0.15) is 0 Å². The molecule has 1 aliphatic rings. The molecule has 0 radical (unpaired) electrons. The van der Waals surface area contributed by atoms with Crippen molar-refractivity contribution in [3.05, 3.63) is 28.8 Å². The first-order chi connectivity index (χ1) is 8.60. The quantitative estimate of drug-likeness (QED) is 0.877. The van der Waals surface area contributed by atoms with E-state index in [1.54, 1.807) is 18.2 Å². The molecule has 2 rings (SSSR count). The molecule has 1 aromatic carbocycles. The van der Waals surface area contributed by atoms with Crippen molar-refractivity contribution in [2.24, 2.45) is 5.92 Å². The van der Waals surface area contributed by atoms with Crippen molar-refractivity contribution < 1.29 is 14.6 Å². The Balaban J connectivity index is 1.97. The lowest BCUT2D eigenvalue weighted by molar-refractivity contribution is 0.0420. The molecule has 0 aliphatic heterocycles. The maximum absolute atomic E-state index is 12.0. The van der Waals surface area contributed by atoms with Crippen LogP contribution in [0, 0.1) is 5.92 Å². The molecule has 0 spiro atoms. The molecular weight excluding hydrogens is 254 g/mol. The number of carbonyl (C=O) groups excluding carboxylic acids is 1. The van der Waals surface area contributed by atoms with Gasteiger partial charge in [0.2, 0.25) is 0 Å². The van der Waals surface area contributed by atoms with Crippen LogP contribution in [0.15, 0.2) is 18.2 Å². The number of hydrogen-bond donors (Lipinski definition) is 2. The maximum atomic E-state index is 12.0.